The third kappa shape index (κ3) is 5.11. The van der Waals surface area contributed by atoms with Gasteiger partial charge in [-0.3, -0.25) is 4.79 Å². The van der Waals surface area contributed by atoms with Gasteiger partial charge in [-0.1, -0.05) is 29.8 Å². The Balaban J connectivity index is 2.04. The van der Waals surface area contributed by atoms with Crippen LogP contribution in [-0.4, -0.2) is 40.7 Å². The van der Waals surface area contributed by atoms with Gasteiger partial charge in [0.15, 0.2) is 18.1 Å². The number of ether oxygens (including phenoxy) is 2. The molecule has 162 valence electrons. The number of nitrogens with zero attached hydrogens (tertiary/aromatic N) is 3. The summed E-state index contributed by atoms with van der Waals surface area (Å²) >= 11 is 3.40. The highest BCUT2D eigenvalue weighted by Crippen LogP contribution is 2.27. The molecule has 0 saturated heterocycles. The number of methoxy groups -OCH3 is 1. The van der Waals surface area contributed by atoms with Gasteiger partial charge in [-0.2, -0.15) is 9.78 Å². The monoisotopic (exact) mass is 487 g/mol. The second-order valence-corrected chi connectivity index (χ2v) is 7.81. The highest BCUT2D eigenvalue weighted by molar-refractivity contribution is 9.10. The van der Waals surface area contributed by atoms with Crippen molar-refractivity contribution in [1.82, 2.24) is 9.66 Å². The molecule has 0 aliphatic heterocycles. The Hall–Kier alpha value is -3.20. The first-order valence-corrected chi connectivity index (χ1v) is 10.4. The van der Waals surface area contributed by atoms with Gasteiger partial charge in [0.05, 0.1) is 24.2 Å². The Morgan fingerprint density at radius 2 is 2.06 bits per heavy atom. The maximum atomic E-state index is 13.2. The van der Waals surface area contributed by atoms with Crippen LogP contribution >= 0.6 is 15.9 Å². The summed E-state index contributed by atoms with van der Waals surface area (Å²) in [7, 11) is 1.46. The minimum atomic E-state index is -1.08. The van der Waals surface area contributed by atoms with E-state index in [0.29, 0.717) is 33.8 Å². The predicted octanol–water partition coefficient (Wildman–Crippen LogP) is 4.03. The first-order chi connectivity index (χ1) is 14.8. The Kier molecular flexibility index (Phi) is 7.06. The van der Waals surface area contributed by atoms with Gasteiger partial charge < -0.3 is 14.6 Å². The third-order valence-electron chi connectivity index (χ3n) is 4.75. The van der Waals surface area contributed by atoms with E-state index in [9.17, 15) is 9.59 Å². The highest BCUT2D eigenvalue weighted by Gasteiger charge is 2.16. The standard InChI is InChI=1S/C22H22BrN3O5/c1-4-13(2)21-25-17-7-6-15(23)10-16(17)22(29)26(21)24-11-14-5-8-18(19(9-14)30-3)31-12-20(27)28/h5-11,13H,4,12H2,1-3H3,(H,27,28)/t13-/m0/s1. The van der Waals surface area contributed by atoms with Crippen LogP contribution in [0.15, 0.2) is 50.8 Å². The van der Waals surface area contributed by atoms with Gasteiger partial charge in [0, 0.05) is 10.4 Å². The van der Waals surface area contributed by atoms with Gasteiger partial charge in [-0.25, -0.2) is 9.78 Å². The van der Waals surface area contributed by atoms with Crippen molar-refractivity contribution in [3.8, 4) is 11.5 Å². The van der Waals surface area contributed by atoms with Crippen LogP contribution < -0.4 is 15.0 Å². The van der Waals surface area contributed by atoms with Gasteiger partial charge in [0.1, 0.15) is 5.82 Å². The first kappa shape index (κ1) is 22.5. The Bertz CT molecular complexity index is 1210. The quantitative estimate of drug-likeness (QED) is 0.481. The molecule has 0 aliphatic carbocycles. The van der Waals surface area contributed by atoms with Crippen molar-refractivity contribution in [1.29, 1.82) is 0 Å². The molecule has 0 amide bonds. The number of hydrogen-bond donors (Lipinski definition) is 1. The van der Waals surface area contributed by atoms with Gasteiger partial charge in [0.25, 0.3) is 5.56 Å². The summed E-state index contributed by atoms with van der Waals surface area (Å²) in [6, 6.07) is 10.3. The van der Waals surface area contributed by atoms with Gasteiger partial charge in [-0.05, 0) is 48.4 Å². The number of hydrogen-bond acceptors (Lipinski definition) is 6. The number of carboxylic acid groups (broad SMARTS) is 1. The minimum absolute atomic E-state index is 0.0271. The van der Waals surface area contributed by atoms with E-state index in [1.807, 2.05) is 26.0 Å². The molecule has 2 aromatic carbocycles. The summed E-state index contributed by atoms with van der Waals surface area (Å²) in [5.41, 5.74) is 1.01. The topological polar surface area (TPSA) is 103 Å². The predicted molar refractivity (Wildman–Crippen MR) is 122 cm³/mol. The summed E-state index contributed by atoms with van der Waals surface area (Å²) in [5, 5.41) is 13.7. The smallest absolute Gasteiger partial charge is 0.341 e. The number of benzene rings is 2. The number of aliphatic carboxylic acids is 1. The third-order valence-corrected chi connectivity index (χ3v) is 5.24. The molecule has 1 aromatic heterocycles. The average Bonchev–Trinajstić information content (AvgIpc) is 2.76. The molecule has 3 rings (SSSR count). The van der Waals surface area contributed by atoms with E-state index in [1.54, 1.807) is 24.3 Å². The lowest BCUT2D eigenvalue weighted by atomic mass is 10.1. The molecule has 8 nitrogen and oxygen atoms in total. The molecule has 1 heterocycles. The number of fused-ring (bicyclic) bond motifs is 1. The summed E-state index contributed by atoms with van der Waals surface area (Å²) in [6.07, 6.45) is 2.33. The first-order valence-electron chi connectivity index (χ1n) is 9.63. The largest absolute Gasteiger partial charge is 0.493 e. The molecule has 3 aromatic rings. The minimum Gasteiger partial charge on any atom is -0.493 e. The van der Waals surface area contributed by atoms with E-state index in [1.165, 1.54) is 18.0 Å². The molecular weight excluding hydrogens is 466 g/mol. The molecule has 0 aliphatic rings. The van der Waals surface area contributed by atoms with Crippen LogP contribution in [0.25, 0.3) is 10.9 Å². The summed E-state index contributed by atoms with van der Waals surface area (Å²) in [5.74, 6) is 0.184. The van der Waals surface area contributed by atoms with Gasteiger partial charge >= 0.3 is 5.97 Å². The molecule has 1 atom stereocenters. The normalized spacial score (nSPS) is 12.3. The zero-order valence-electron chi connectivity index (χ0n) is 17.3. The van der Waals surface area contributed by atoms with Crippen LogP contribution in [-0.2, 0) is 4.79 Å². The lowest BCUT2D eigenvalue weighted by Gasteiger charge is -2.14. The summed E-state index contributed by atoms with van der Waals surface area (Å²) in [4.78, 5) is 28.6. The Morgan fingerprint density at radius 1 is 1.29 bits per heavy atom. The average molecular weight is 488 g/mol. The lowest BCUT2D eigenvalue weighted by molar-refractivity contribution is -0.139. The van der Waals surface area contributed by atoms with Crippen molar-refractivity contribution in [2.45, 2.75) is 26.2 Å². The van der Waals surface area contributed by atoms with Crippen LogP contribution in [0.3, 0.4) is 0 Å². The zero-order valence-corrected chi connectivity index (χ0v) is 18.9. The van der Waals surface area contributed by atoms with Gasteiger partial charge in [0.2, 0.25) is 0 Å². The zero-order chi connectivity index (χ0) is 22.5. The number of carbonyl (C=O) groups is 1. The van der Waals surface area contributed by atoms with E-state index >= 15 is 0 Å². The van der Waals surface area contributed by atoms with E-state index in [-0.39, 0.29) is 11.5 Å². The Morgan fingerprint density at radius 3 is 2.74 bits per heavy atom. The molecule has 0 radical (unpaired) electrons. The summed E-state index contributed by atoms with van der Waals surface area (Å²) in [6.45, 7) is 3.54. The molecular formula is C22H22BrN3O5. The van der Waals surface area contributed by atoms with E-state index in [0.717, 1.165) is 10.9 Å². The number of carboxylic acids is 1. The van der Waals surface area contributed by atoms with Gasteiger partial charge in [-0.15, -0.1) is 0 Å². The number of aromatic nitrogens is 2. The fraction of sp³-hybridized carbons (Fsp3) is 0.273. The second kappa shape index (κ2) is 9.74. The van der Waals surface area contributed by atoms with Crippen molar-refractivity contribution in [3.05, 3.63) is 62.6 Å². The molecule has 0 unspecified atom stereocenters. The molecule has 31 heavy (non-hydrogen) atoms. The van der Waals surface area contributed by atoms with Crippen LogP contribution in [0.4, 0.5) is 0 Å². The SMILES string of the molecule is CC[C@H](C)c1nc2ccc(Br)cc2c(=O)n1N=Cc1ccc(OCC(=O)O)c(OC)c1. The number of halogens is 1. The van der Waals surface area contributed by atoms with Crippen molar-refractivity contribution < 1.29 is 19.4 Å². The molecule has 0 spiro atoms. The van der Waals surface area contributed by atoms with E-state index in [2.05, 4.69) is 26.0 Å². The molecule has 9 heteroatoms. The second-order valence-electron chi connectivity index (χ2n) is 6.90. The fourth-order valence-electron chi connectivity index (χ4n) is 2.93. The van der Waals surface area contributed by atoms with Crippen LogP contribution in [0, 0.1) is 0 Å². The maximum Gasteiger partial charge on any atom is 0.341 e. The maximum absolute atomic E-state index is 13.2. The molecule has 1 N–H and O–H groups in total. The van der Waals surface area contributed by atoms with Crippen molar-refractivity contribution in [2.24, 2.45) is 5.10 Å². The number of rotatable bonds is 8. The van der Waals surface area contributed by atoms with Crippen LogP contribution in [0.2, 0.25) is 0 Å². The van der Waals surface area contributed by atoms with Crippen molar-refractivity contribution in [2.75, 3.05) is 13.7 Å². The Labute approximate surface area is 187 Å². The molecule has 0 saturated carbocycles. The van der Waals surface area contributed by atoms with E-state index in [4.69, 9.17) is 14.6 Å². The fourth-order valence-corrected chi connectivity index (χ4v) is 3.29. The van der Waals surface area contributed by atoms with Crippen molar-refractivity contribution in [3.63, 3.8) is 0 Å². The highest BCUT2D eigenvalue weighted by atomic mass is 79.9. The van der Waals surface area contributed by atoms with Crippen LogP contribution in [0.1, 0.15) is 37.6 Å². The summed E-state index contributed by atoms with van der Waals surface area (Å²) < 4.78 is 12.6. The molecule has 0 fully saturated rings. The van der Waals surface area contributed by atoms with E-state index < -0.39 is 12.6 Å². The van der Waals surface area contributed by atoms with Crippen LogP contribution in [0.5, 0.6) is 11.5 Å². The molecule has 0 bridgehead atoms. The lowest BCUT2D eigenvalue weighted by Crippen LogP contribution is -2.23. The van der Waals surface area contributed by atoms with Crippen molar-refractivity contribution >= 4 is 39.0 Å².